The fourth-order valence-corrected chi connectivity index (χ4v) is 3.04. The Labute approximate surface area is 132 Å². The molecule has 3 nitrogen and oxygen atoms in total. The lowest BCUT2D eigenvalue weighted by Gasteiger charge is -2.21. The highest BCUT2D eigenvalue weighted by Crippen LogP contribution is 2.33. The van der Waals surface area contributed by atoms with Gasteiger partial charge in [-0.2, -0.15) is 0 Å². The van der Waals surface area contributed by atoms with Crippen LogP contribution >= 0.6 is 23.2 Å². The first kappa shape index (κ1) is 14.2. The average Bonchev–Trinajstić information content (AvgIpc) is 2.90. The first-order valence-corrected chi connectivity index (χ1v) is 7.35. The lowest BCUT2D eigenvalue weighted by atomic mass is 9.89. The molecular formula is C16H13Cl2NO2. The molecule has 1 aliphatic rings. The van der Waals surface area contributed by atoms with Gasteiger partial charge in [0.05, 0.1) is 6.26 Å². The van der Waals surface area contributed by atoms with Crippen molar-refractivity contribution in [1.29, 1.82) is 0 Å². The molecule has 3 rings (SSSR count). The minimum Gasteiger partial charge on any atom is -0.469 e. The molecule has 0 radical (unpaired) electrons. The van der Waals surface area contributed by atoms with E-state index in [0.717, 1.165) is 17.1 Å². The van der Waals surface area contributed by atoms with E-state index in [1.165, 1.54) is 0 Å². The van der Waals surface area contributed by atoms with Crippen LogP contribution in [0.3, 0.4) is 0 Å². The third-order valence-electron chi connectivity index (χ3n) is 3.36. The minimum absolute atomic E-state index is 0.0645. The molecule has 0 aliphatic heterocycles. The molecule has 108 valence electrons. The van der Waals surface area contributed by atoms with Crippen molar-refractivity contribution in [1.82, 2.24) is 0 Å². The van der Waals surface area contributed by atoms with E-state index >= 15 is 0 Å². The molecule has 0 saturated carbocycles. The highest BCUT2D eigenvalue weighted by molar-refractivity contribution is 6.35. The number of halogens is 2. The Balaban J connectivity index is 1.80. The van der Waals surface area contributed by atoms with Crippen LogP contribution in [0.25, 0.3) is 0 Å². The molecule has 0 spiro atoms. The normalized spacial score (nSPS) is 18.5. The van der Waals surface area contributed by atoms with Crippen molar-refractivity contribution in [2.24, 2.45) is 0 Å². The molecule has 21 heavy (non-hydrogen) atoms. The third kappa shape index (κ3) is 3.49. The van der Waals surface area contributed by atoms with Gasteiger partial charge in [-0.3, -0.25) is 4.79 Å². The lowest BCUT2D eigenvalue weighted by Crippen LogP contribution is -2.16. The van der Waals surface area contributed by atoms with Gasteiger partial charge in [0.2, 0.25) is 0 Å². The van der Waals surface area contributed by atoms with Crippen LogP contribution < -0.4 is 5.32 Å². The van der Waals surface area contributed by atoms with Gasteiger partial charge in [0.15, 0.2) is 5.78 Å². The van der Waals surface area contributed by atoms with Crippen LogP contribution in [0.4, 0.5) is 5.69 Å². The smallest absolute Gasteiger partial charge is 0.158 e. The van der Waals surface area contributed by atoms with Gasteiger partial charge in [0.25, 0.3) is 0 Å². The topological polar surface area (TPSA) is 42.2 Å². The van der Waals surface area contributed by atoms with Crippen molar-refractivity contribution < 1.29 is 9.21 Å². The molecule has 0 saturated heterocycles. The van der Waals surface area contributed by atoms with Crippen LogP contribution in [0.15, 0.2) is 52.8 Å². The third-order valence-corrected chi connectivity index (χ3v) is 3.80. The SMILES string of the molecule is O=C1C=C(Nc2cc(Cl)cc(Cl)c2)CC(c2ccco2)C1. The van der Waals surface area contributed by atoms with E-state index in [-0.39, 0.29) is 11.7 Å². The van der Waals surface area contributed by atoms with Crippen molar-refractivity contribution in [2.75, 3.05) is 5.32 Å². The van der Waals surface area contributed by atoms with Gasteiger partial charge >= 0.3 is 0 Å². The molecule has 1 aromatic heterocycles. The standard InChI is InChI=1S/C16H13Cl2NO2/c17-11-6-12(18)8-14(7-11)19-13-4-10(5-15(20)9-13)16-2-1-3-21-16/h1-3,6-10,19H,4-5H2. The van der Waals surface area contributed by atoms with Crippen molar-refractivity contribution in [3.05, 3.63) is 64.2 Å². The molecule has 0 fully saturated rings. The van der Waals surface area contributed by atoms with E-state index in [1.807, 2.05) is 12.1 Å². The van der Waals surface area contributed by atoms with Crippen LogP contribution in [0.5, 0.6) is 0 Å². The van der Waals surface area contributed by atoms with Gasteiger partial charge in [-0.15, -0.1) is 0 Å². The molecule has 5 heteroatoms. The van der Waals surface area contributed by atoms with Crippen molar-refractivity contribution in [2.45, 2.75) is 18.8 Å². The fraction of sp³-hybridized carbons (Fsp3) is 0.188. The van der Waals surface area contributed by atoms with Gasteiger partial charge in [-0.1, -0.05) is 23.2 Å². The van der Waals surface area contributed by atoms with Crippen molar-refractivity contribution in [3.63, 3.8) is 0 Å². The first-order chi connectivity index (χ1) is 10.1. The number of nitrogens with one attached hydrogen (secondary N) is 1. The number of carbonyl (C=O) groups is 1. The number of carbonyl (C=O) groups excluding carboxylic acids is 1. The van der Waals surface area contributed by atoms with Crippen LogP contribution in [-0.4, -0.2) is 5.78 Å². The molecule has 1 atom stereocenters. The van der Waals surface area contributed by atoms with Gasteiger partial charge in [-0.05, 0) is 36.8 Å². The van der Waals surface area contributed by atoms with Crippen molar-refractivity contribution >= 4 is 34.7 Å². The summed E-state index contributed by atoms with van der Waals surface area (Å²) in [6.45, 7) is 0. The Morgan fingerprint density at radius 2 is 1.90 bits per heavy atom. The van der Waals surface area contributed by atoms with Crippen LogP contribution in [0, 0.1) is 0 Å². The number of hydrogen-bond donors (Lipinski definition) is 1. The monoisotopic (exact) mass is 321 g/mol. The van der Waals surface area contributed by atoms with E-state index < -0.39 is 0 Å². The Bertz CT molecular complexity index is 672. The maximum atomic E-state index is 11.9. The summed E-state index contributed by atoms with van der Waals surface area (Å²) in [5.41, 5.74) is 1.61. The molecule has 0 bridgehead atoms. The van der Waals surface area contributed by atoms with Crippen molar-refractivity contribution in [3.8, 4) is 0 Å². The molecule has 1 N–H and O–H groups in total. The largest absolute Gasteiger partial charge is 0.469 e. The quantitative estimate of drug-likeness (QED) is 0.862. The Hall–Kier alpha value is -1.71. The van der Waals surface area contributed by atoms with Crippen LogP contribution in [0.2, 0.25) is 10.0 Å². The zero-order chi connectivity index (χ0) is 14.8. The van der Waals surface area contributed by atoms with Crippen LogP contribution in [-0.2, 0) is 4.79 Å². The van der Waals surface area contributed by atoms with E-state index in [0.29, 0.717) is 22.9 Å². The predicted molar refractivity (Wildman–Crippen MR) is 83.9 cm³/mol. The Morgan fingerprint density at radius 3 is 2.57 bits per heavy atom. The zero-order valence-electron chi connectivity index (χ0n) is 11.1. The van der Waals surface area contributed by atoms with Gasteiger partial charge < -0.3 is 9.73 Å². The molecule has 1 heterocycles. The summed E-state index contributed by atoms with van der Waals surface area (Å²) in [5, 5.41) is 4.32. The van der Waals surface area contributed by atoms with Gasteiger partial charge in [-0.25, -0.2) is 0 Å². The van der Waals surface area contributed by atoms with E-state index in [1.54, 1.807) is 30.5 Å². The molecule has 1 aliphatic carbocycles. The first-order valence-electron chi connectivity index (χ1n) is 6.60. The zero-order valence-corrected chi connectivity index (χ0v) is 12.6. The summed E-state index contributed by atoms with van der Waals surface area (Å²) in [7, 11) is 0. The summed E-state index contributed by atoms with van der Waals surface area (Å²) in [6, 6.07) is 8.95. The molecule has 1 aromatic carbocycles. The molecule has 2 aromatic rings. The number of hydrogen-bond acceptors (Lipinski definition) is 3. The second-order valence-electron chi connectivity index (χ2n) is 5.04. The number of rotatable bonds is 3. The second-order valence-corrected chi connectivity index (χ2v) is 5.91. The number of benzene rings is 1. The summed E-state index contributed by atoms with van der Waals surface area (Å²) < 4.78 is 5.41. The van der Waals surface area contributed by atoms with Gasteiger partial charge in [0, 0.05) is 39.8 Å². The van der Waals surface area contributed by atoms with E-state index in [2.05, 4.69) is 5.32 Å². The number of allylic oxidation sites excluding steroid dienone is 2. The fourth-order valence-electron chi connectivity index (χ4n) is 2.52. The average molecular weight is 322 g/mol. The maximum Gasteiger partial charge on any atom is 0.158 e. The minimum atomic E-state index is 0.0645. The number of ketones is 1. The Morgan fingerprint density at radius 1 is 1.14 bits per heavy atom. The van der Waals surface area contributed by atoms with E-state index in [9.17, 15) is 4.79 Å². The second kappa shape index (κ2) is 5.96. The number of furan rings is 1. The number of anilines is 1. The van der Waals surface area contributed by atoms with E-state index in [4.69, 9.17) is 27.6 Å². The Kier molecular flexibility index (Phi) is 4.04. The molecule has 0 amide bonds. The highest BCUT2D eigenvalue weighted by atomic mass is 35.5. The summed E-state index contributed by atoms with van der Waals surface area (Å²) in [5.74, 6) is 0.979. The predicted octanol–water partition coefficient (Wildman–Crippen LogP) is 5.03. The molecular weight excluding hydrogens is 309 g/mol. The maximum absolute atomic E-state index is 11.9. The lowest BCUT2D eigenvalue weighted by molar-refractivity contribution is -0.115. The van der Waals surface area contributed by atoms with Gasteiger partial charge in [0.1, 0.15) is 5.76 Å². The van der Waals surface area contributed by atoms with Crippen LogP contribution in [0.1, 0.15) is 24.5 Å². The molecule has 1 unspecified atom stereocenters. The summed E-state index contributed by atoms with van der Waals surface area (Å²) in [6.07, 6.45) is 4.44. The highest BCUT2D eigenvalue weighted by Gasteiger charge is 2.24. The summed E-state index contributed by atoms with van der Waals surface area (Å²) >= 11 is 12.0. The summed E-state index contributed by atoms with van der Waals surface area (Å²) in [4.78, 5) is 11.9.